The predicted molar refractivity (Wildman–Crippen MR) is 75.4 cm³/mol. The van der Waals surface area contributed by atoms with Gasteiger partial charge in [0.25, 0.3) is 0 Å². The van der Waals surface area contributed by atoms with Gasteiger partial charge in [-0.05, 0) is 0 Å². The summed E-state index contributed by atoms with van der Waals surface area (Å²) in [5.41, 5.74) is 0. The molecule has 0 radical (unpaired) electrons. The number of carboxylic acids is 2. The minimum Gasteiger partial charge on any atom is -0.480 e. The van der Waals surface area contributed by atoms with E-state index in [1.54, 1.807) is 0 Å². The maximum atomic E-state index is 10.8. The highest BCUT2D eigenvalue weighted by molar-refractivity contribution is 8.76. The third kappa shape index (κ3) is 8.64. The fourth-order valence-electron chi connectivity index (χ4n) is 1.07. The molecule has 2 amide bonds. The van der Waals surface area contributed by atoms with Crippen LogP contribution in [0.4, 0.5) is 0 Å². The lowest BCUT2D eigenvalue weighted by atomic mass is 10.3. The Balaban J connectivity index is 4.13. The van der Waals surface area contributed by atoms with Gasteiger partial charge in [-0.1, -0.05) is 21.6 Å². The summed E-state index contributed by atoms with van der Waals surface area (Å²) < 4.78 is 0. The van der Waals surface area contributed by atoms with Crippen LogP contribution < -0.4 is 10.6 Å². The Kier molecular flexibility index (Phi) is 8.81. The number of carbonyl (C=O) groups is 4. The molecule has 10 heteroatoms. The smallest absolute Gasteiger partial charge is 0.327 e. The molecule has 1 unspecified atom stereocenters. The van der Waals surface area contributed by atoms with Crippen LogP contribution >= 0.6 is 21.6 Å². The molecule has 0 aliphatic heterocycles. The lowest BCUT2D eigenvalue weighted by Gasteiger charge is -2.14. The maximum absolute atomic E-state index is 10.8. The Morgan fingerprint density at radius 1 is 0.850 bits per heavy atom. The van der Waals surface area contributed by atoms with Crippen molar-refractivity contribution in [2.75, 3.05) is 11.5 Å². The van der Waals surface area contributed by atoms with E-state index in [0.717, 1.165) is 21.6 Å². The van der Waals surface area contributed by atoms with E-state index in [2.05, 4.69) is 10.6 Å². The van der Waals surface area contributed by atoms with Crippen molar-refractivity contribution in [3.05, 3.63) is 0 Å². The number of aliphatic carboxylic acids is 2. The zero-order chi connectivity index (χ0) is 15.7. The van der Waals surface area contributed by atoms with E-state index in [1.165, 1.54) is 13.8 Å². The molecule has 0 spiro atoms. The van der Waals surface area contributed by atoms with E-state index in [9.17, 15) is 19.2 Å². The number of amides is 2. The lowest BCUT2D eigenvalue weighted by molar-refractivity contribution is -0.141. The first kappa shape index (κ1) is 18.6. The minimum absolute atomic E-state index is 0.0893. The molecule has 0 aromatic carbocycles. The topological polar surface area (TPSA) is 133 Å². The van der Waals surface area contributed by atoms with Crippen LogP contribution in [0.5, 0.6) is 0 Å². The van der Waals surface area contributed by atoms with Crippen LogP contribution in [0.2, 0.25) is 0 Å². The summed E-state index contributed by atoms with van der Waals surface area (Å²) in [7, 11) is 2.22. The van der Waals surface area contributed by atoms with Crippen molar-refractivity contribution in [1.82, 2.24) is 10.6 Å². The molecule has 2 atom stereocenters. The summed E-state index contributed by atoms with van der Waals surface area (Å²) in [6.45, 7) is 2.43. The molecule has 0 rings (SSSR count). The zero-order valence-corrected chi connectivity index (χ0v) is 12.5. The average molecular weight is 324 g/mol. The van der Waals surface area contributed by atoms with Gasteiger partial charge in [-0.2, -0.15) is 0 Å². The van der Waals surface area contributed by atoms with Crippen LogP contribution in [-0.2, 0) is 19.2 Å². The summed E-state index contributed by atoms with van der Waals surface area (Å²) >= 11 is 0. The van der Waals surface area contributed by atoms with E-state index in [-0.39, 0.29) is 11.5 Å². The second-order valence-corrected chi connectivity index (χ2v) is 6.30. The summed E-state index contributed by atoms with van der Waals surface area (Å²) in [4.78, 5) is 43.2. The van der Waals surface area contributed by atoms with Gasteiger partial charge < -0.3 is 20.8 Å². The Hall–Kier alpha value is -1.42. The molecule has 8 nitrogen and oxygen atoms in total. The van der Waals surface area contributed by atoms with Crippen LogP contribution in [0.3, 0.4) is 0 Å². The summed E-state index contributed by atoms with van der Waals surface area (Å²) in [5, 5.41) is 22.2. The number of carbonyl (C=O) groups excluding carboxylic acids is 2. The van der Waals surface area contributed by atoms with Gasteiger partial charge in [0.2, 0.25) is 11.8 Å². The molecule has 0 saturated carbocycles. The van der Waals surface area contributed by atoms with Crippen LogP contribution in [0, 0.1) is 0 Å². The molecule has 0 saturated heterocycles. The van der Waals surface area contributed by atoms with Crippen molar-refractivity contribution in [2.24, 2.45) is 0 Å². The van der Waals surface area contributed by atoms with Crippen LogP contribution in [0.15, 0.2) is 0 Å². The van der Waals surface area contributed by atoms with Gasteiger partial charge in [-0.25, -0.2) is 9.59 Å². The standard InChI is InChI=1S/C10H16N2O6S2/c1-5(13)11-7(9(15)16)3-19-20-4-8(10(17)18)12-6(2)14/h7-8H,3-4H2,1-2H3,(H,11,13)(H,12,14)(H,15,16)(H,17,18)/t7-,8?/m0/s1. The Morgan fingerprint density at radius 2 is 1.15 bits per heavy atom. The SMILES string of the molecule is CC(=O)NC(CSSC[C@H](NC(C)=O)C(=O)O)C(=O)O. The number of hydrogen-bond donors (Lipinski definition) is 4. The normalized spacial score (nSPS) is 13.1. The predicted octanol–water partition coefficient (Wildman–Crippen LogP) is -0.454. The molecule has 0 bridgehead atoms. The molecular weight excluding hydrogens is 308 g/mol. The fraction of sp³-hybridized carbons (Fsp3) is 0.600. The number of nitrogens with one attached hydrogen (secondary N) is 2. The van der Waals surface area contributed by atoms with Crippen molar-refractivity contribution < 1.29 is 29.4 Å². The van der Waals surface area contributed by atoms with Gasteiger partial charge in [0, 0.05) is 25.4 Å². The molecule has 0 aromatic heterocycles. The second-order valence-electron chi connectivity index (χ2n) is 3.75. The van der Waals surface area contributed by atoms with Crippen molar-refractivity contribution in [3.8, 4) is 0 Å². The van der Waals surface area contributed by atoms with Crippen molar-refractivity contribution in [1.29, 1.82) is 0 Å². The molecule has 20 heavy (non-hydrogen) atoms. The van der Waals surface area contributed by atoms with E-state index in [0.29, 0.717) is 0 Å². The third-order valence-electron chi connectivity index (χ3n) is 1.90. The highest BCUT2D eigenvalue weighted by Gasteiger charge is 2.21. The first-order valence-corrected chi connectivity index (χ1v) is 7.97. The van der Waals surface area contributed by atoms with Crippen LogP contribution in [0.1, 0.15) is 13.8 Å². The van der Waals surface area contributed by atoms with E-state index >= 15 is 0 Å². The van der Waals surface area contributed by atoms with Gasteiger partial charge in [-0.3, -0.25) is 9.59 Å². The van der Waals surface area contributed by atoms with Crippen LogP contribution in [-0.4, -0.2) is 57.6 Å². The van der Waals surface area contributed by atoms with Gasteiger partial charge in [0.15, 0.2) is 0 Å². The molecule has 0 aromatic rings. The summed E-state index contributed by atoms with van der Waals surface area (Å²) in [6.07, 6.45) is 0. The number of hydrogen-bond acceptors (Lipinski definition) is 6. The Morgan fingerprint density at radius 3 is 1.35 bits per heavy atom. The Labute approximate surface area is 123 Å². The second kappa shape index (κ2) is 9.48. The molecule has 114 valence electrons. The first-order valence-electron chi connectivity index (χ1n) is 5.48. The van der Waals surface area contributed by atoms with E-state index in [1.807, 2.05) is 0 Å². The van der Waals surface area contributed by atoms with Gasteiger partial charge in [0.05, 0.1) is 0 Å². The minimum atomic E-state index is -1.16. The van der Waals surface area contributed by atoms with Crippen molar-refractivity contribution >= 4 is 45.3 Å². The largest absolute Gasteiger partial charge is 0.480 e. The molecule has 0 heterocycles. The van der Waals surface area contributed by atoms with Crippen molar-refractivity contribution in [2.45, 2.75) is 25.9 Å². The lowest BCUT2D eigenvalue weighted by Crippen LogP contribution is -2.42. The maximum Gasteiger partial charge on any atom is 0.327 e. The highest BCUT2D eigenvalue weighted by atomic mass is 33.1. The zero-order valence-electron chi connectivity index (χ0n) is 10.9. The quantitative estimate of drug-likeness (QED) is 0.331. The molecule has 0 aliphatic carbocycles. The Bertz CT molecular complexity index is 354. The molecule has 0 aliphatic rings. The fourth-order valence-corrected chi connectivity index (χ4v) is 3.38. The highest BCUT2D eigenvalue weighted by Crippen LogP contribution is 2.23. The molecule has 4 N–H and O–H groups in total. The summed E-state index contributed by atoms with van der Waals surface area (Å²) in [5.74, 6) is -3.05. The third-order valence-corrected chi connectivity index (χ3v) is 4.33. The van der Waals surface area contributed by atoms with E-state index < -0.39 is 35.8 Å². The molecule has 0 fully saturated rings. The van der Waals surface area contributed by atoms with Crippen molar-refractivity contribution in [3.63, 3.8) is 0 Å². The monoisotopic (exact) mass is 324 g/mol. The van der Waals surface area contributed by atoms with Crippen LogP contribution in [0.25, 0.3) is 0 Å². The number of rotatable bonds is 9. The van der Waals surface area contributed by atoms with Gasteiger partial charge >= 0.3 is 11.9 Å². The first-order chi connectivity index (χ1) is 9.23. The van der Waals surface area contributed by atoms with E-state index in [4.69, 9.17) is 10.2 Å². The van der Waals surface area contributed by atoms with Gasteiger partial charge in [0.1, 0.15) is 12.1 Å². The average Bonchev–Trinajstić information content (AvgIpc) is 2.29. The summed E-state index contributed by atoms with van der Waals surface area (Å²) in [6, 6.07) is -2.07. The molecular formula is C10H16N2O6S2. The number of carboxylic acid groups (broad SMARTS) is 2. The van der Waals surface area contributed by atoms with Gasteiger partial charge in [-0.15, -0.1) is 0 Å².